The van der Waals surface area contributed by atoms with Crippen molar-refractivity contribution in [2.75, 3.05) is 25.6 Å². The summed E-state index contributed by atoms with van der Waals surface area (Å²) in [7, 11) is 1.61. The van der Waals surface area contributed by atoms with Gasteiger partial charge in [-0.15, -0.1) is 0 Å². The Hall–Kier alpha value is -2.67. The minimum absolute atomic E-state index is 0.310. The number of aromatic nitrogens is 1. The van der Waals surface area contributed by atoms with Gasteiger partial charge in [-0.05, 0) is 36.8 Å². The van der Waals surface area contributed by atoms with Crippen LogP contribution in [0.1, 0.15) is 6.42 Å². The first-order valence-corrected chi connectivity index (χ1v) is 7.10. The molecule has 0 aliphatic rings. The minimum Gasteiger partial charge on any atom is -0.439 e. The Morgan fingerprint density at radius 3 is 2.65 bits per heavy atom. The van der Waals surface area contributed by atoms with E-state index >= 15 is 0 Å². The van der Waals surface area contributed by atoms with Gasteiger partial charge in [0.15, 0.2) is 0 Å². The highest BCUT2D eigenvalue weighted by Crippen LogP contribution is 2.20. The summed E-state index contributed by atoms with van der Waals surface area (Å²) in [6.45, 7) is 1.12. The van der Waals surface area contributed by atoms with Crippen LogP contribution in [-0.2, 0) is 4.74 Å². The smallest absolute Gasteiger partial charge is 0.319 e. The lowest BCUT2D eigenvalue weighted by atomic mass is 10.3. The van der Waals surface area contributed by atoms with Crippen LogP contribution in [0, 0.1) is 5.82 Å². The maximum atomic E-state index is 12.8. The number of pyridine rings is 1. The topological polar surface area (TPSA) is 72.5 Å². The molecule has 23 heavy (non-hydrogen) atoms. The van der Waals surface area contributed by atoms with E-state index < -0.39 is 0 Å². The van der Waals surface area contributed by atoms with Crippen LogP contribution in [0.2, 0.25) is 0 Å². The van der Waals surface area contributed by atoms with Gasteiger partial charge < -0.3 is 20.1 Å². The number of nitrogens with one attached hydrogen (secondary N) is 2. The van der Waals surface area contributed by atoms with Crippen molar-refractivity contribution in [3.63, 3.8) is 0 Å². The number of carbonyl (C=O) groups excluding carboxylic acids is 1. The van der Waals surface area contributed by atoms with E-state index in [1.807, 2.05) is 0 Å². The van der Waals surface area contributed by atoms with Gasteiger partial charge in [-0.25, -0.2) is 14.2 Å². The molecule has 2 amide bonds. The van der Waals surface area contributed by atoms with Gasteiger partial charge >= 0.3 is 6.03 Å². The minimum atomic E-state index is -0.332. The molecule has 0 saturated carbocycles. The third-order valence-electron chi connectivity index (χ3n) is 2.84. The van der Waals surface area contributed by atoms with E-state index in [-0.39, 0.29) is 11.8 Å². The van der Waals surface area contributed by atoms with E-state index in [0.717, 1.165) is 6.42 Å². The fraction of sp³-hybridized carbons (Fsp3) is 0.250. The molecule has 122 valence electrons. The molecule has 1 heterocycles. The summed E-state index contributed by atoms with van der Waals surface area (Å²) in [5.41, 5.74) is 0.542. The zero-order valence-electron chi connectivity index (χ0n) is 12.7. The van der Waals surface area contributed by atoms with Crippen molar-refractivity contribution in [3.8, 4) is 11.6 Å². The van der Waals surface area contributed by atoms with Gasteiger partial charge in [0.1, 0.15) is 11.6 Å². The van der Waals surface area contributed by atoms with Crippen molar-refractivity contribution in [1.29, 1.82) is 0 Å². The summed E-state index contributed by atoms with van der Waals surface area (Å²) in [4.78, 5) is 15.7. The fourth-order valence-electron chi connectivity index (χ4n) is 1.73. The van der Waals surface area contributed by atoms with Gasteiger partial charge in [0.2, 0.25) is 5.88 Å². The Bertz CT molecular complexity index is 617. The lowest BCUT2D eigenvalue weighted by molar-refractivity contribution is 0.194. The van der Waals surface area contributed by atoms with Gasteiger partial charge in [-0.2, -0.15) is 0 Å². The lowest BCUT2D eigenvalue weighted by Crippen LogP contribution is -2.30. The highest BCUT2D eigenvalue weighted by Gasteiger charge is 2.03. The standard InChI is InChI=1S/C16H18FN3O3/c1-22-10-2-9-18-16(21)20-13-5-8-15(19-11-13)23-14-6-3-12(17)4-7-14/h3-8,11H,2,9-10H2,1H3,(H2,18,20,21). The number of ether oxygens (including phenoxy) is 2. The average molecular weight is 319 g/mol. The second kappa shape index (κ2) is 8.70. The first-order valence-electron chi connectivity index (χ1n) is 7.10. The van der Waals surface area contributed by atoms with Gasteiger partial charge in [0, 0.05) is 26.3 Å². The summed E-state index contributed by atoms with van der Waals surface area (Å²) < 4.78 is 23.2. The number of rotatable bonds is 7. The van der Waals surface area contributed by atoms with Crippen molar-refractivity contribution < 1.29 is 18.7 Å². The number of methoxy groups -OCH3 is 1. The first-order chi connectivity index (χ1) is 11.2. The molecule has 0 spiro atoms. The Balaban J connectivity index is 1.82. The quantitative estimate of drug-likeness (QED) is 0.769. The van der Waals surface area contributed by atoms with E-state index in [1.165, 1.54) is 30.5 Å². The summed E-state index contributed by atoms with van der Waals surface area (Å²) in [5, 5.41) is 5.36. The van der Waals surface area contributed by atoms with E-state index in [4.69, 9.17) is 9.47 Å². The van der Waals surface area contributed by atoms with Crippen LogP contribution in [0.3, 0.4) is 0 Å². The Kier molecular flexibility index (Phi) is 6.31. The number of carbonyl (C=O) groups is 1. The van der Waals surface area contributed by atoms with Gasteiger partial charge in [-0.1, -0.05) is 0 Å². The van der Waals surface area contributed by atoms with Crippen LogP contribution < -0.4 is 15.4 Å². The molecule has 1 aromatic heterocycles. The second-order valence-corrected chi connectivity index (χ2v) is 4.67. The van der Waals surface area contributed by atoms with Gasteiger partial charge in [0.25, 0.3) is 0 Å². The Labute approximate surface area is 133 Å². The molecule has 1 aromatic carbocycles. The molecule has 0 aliphatic carbocycles. The molecule has 0 saturated heterocycles. The van der Waals surface area contributed by atoms with Crippen molar-refractivity contribution >= 4 is 11.7 Å². The predicted octanol–water partition coefficient (Wildman–Crippen LogP) is 3.17. The lowest BCUT2D eigenvalue weighted by Gasteiger charge is -2.08. The highest BCUT2D eigenvalue weighted by molar-refractivity contribution is 5.88. The predicted molar refractivity (Wildman–Crippen MR) is 84.2 cm³/mol. The monoisotopic (exact) mass is 319 g/mol. The van der Waals surface area contributed by atoms with E-state index in [2.05, 4.69) is 15.6 Å². The number of halogens is 1. The SMILES string of the molecule is COCCCNC(=O)Nc1ccc(Oc2ccc(F)cc2)nc1. The molecule has 0 fully saturated rings. The molecule has 2 rings (SSSR count). The molecule has 0 unspecified atom stereocenters. The average Bonchev–Trinajstić information content (AvgIpc) is 2.56. The number of amides is 2. The summed E-state index contributed by atoms with van der Waals surface area (Å²) in [6.07, 6.45) is 2.22. The van der Waals surface area contributed by atoms with Crippen LogP contribution in [0.5, 0.6) is 11.6 Å². The molecule has 0 radical (unpaired) electrons. The van der Waals surface area contributed by atoms with Crippen LogP contribution in [0.25, 0.3) is 0 Å². The third-order valence-corrected chi connectivity index (χ3v) is 2.84. The Morgan fingerprint density at radius 1 is 1.22 bits per heavy atom. The van der Waals surface area contributed by atoms with Crippen molar-refractivity contribution in [2.45, 2.75) is 6.42 Å². The molecule has 2 aromatic rings. The zero-order valence-corrected chi connectivity index (χ0v) is 12.7. The number of benzene rings is 1. The zero-order chi connectivity index (χ0) is 16.5. The maximum Gasteiger partial charge on any atom is 0.319 e. The van der Waals surface area contributed by atoms with Crippen LogP contribution in [-0.4, -0.2) is 31.3 Å². The highest BCUT2D eigenvalue weighted by atomic mass is 19.1. The molecule has 7 heteroatoms. The van der Waals surface area contributed by atoms with Crippen LogP contribution in [0.4, 0.5) is 14.9 Å². The van der Waals surface area contributed by atoms with Gasteiger partial charge in [0.05, 0.1) is 11.9 Å². The van der Waals surface area contributed by atoms with Crippen LogP contribution >= 0.6 is 0 Å². The fourth-order valence-corrected chi connectivity index (χ4v) is 1.73. The first kappa shape index (κ1) is 16.7. The Morgan fingerprint density at radius 2 is 2.00 bits per heavy atom. The summed E-state index contributed by atoms with van der Waals surface area (Å²) in [5.74, 6) is 0.500. The summed E-state index contributed by atoms with van der Waals surface area (Å²) >= 11 is 0. The molecule has 0 bridgehead atoms. The van der Waals surface area contributed by atoms with E-state index in [0.29, 0.717) is 30.5 Å². The molecular formula is C16H18FN3O3. The molecule has 0 atom stereocenters. The van der Waals surface area contributed by atoms with Gasteiger partial charge in [-0.3, -0.25) is 0 Å². The van der Waals surface area contributed by atoms with E-state index in [1.54, 1.807) is 19.2 Å². The molecule has 2 N–H and O–H groups in total. The molecule has 0 aliphatic heterocycles. The summed E-state index contributed by atoms with van der Waals surface area (Å²) in [6, 6.07) is 8.60. The number of hydrogen-bond acceptors (Lipinski definition) is 4. The largest absolute Gasteiger partial charge is 0.439 e. The third kappa shape index (κ3) is 5.91. The number of urea groups is 1. The van der Waals surface area contributed by atoms with Crippen molar-refractivity contribution in [2.24, 2.45) is 0 Å². The second-order valence-electron chi connectivity index (χ2n) is 4.67. The van der Waals surface area contributed by atoms with Crippen LogP contribution in [0.15, 0.2) is 42.6 Å². The molecular weight excluding hydrogens is 301 g/mol. The van der Waals surface area contributed by atoms with E-state index in [9.17, 15) is 9.18 Å². The normalized spacial score (nSPS) is 10.2. The number of nitrogens with zero attached hydrogens (tertiary/aromatic N) is 1. The number of anilines is 1. The van der Waals surface area contributed by atoms with Crippen molar-refractivity contribution in [1.82, 2.24) is 10.3 Å². The maximum absolute atomic E-state index is 12.8. The van der Waals surface area contributed by atoms with Crippen molar-refractivity contribution in [3.05, 3.63) is 48.4 Å². The molecule has 6 nitrogen and oxygen atoms in total. The number of hydrogen-bond donors (Lipinski definition) is 2.